The van der Waals surface area contributed by atoms with Crippen LogP contribution in [-0.4, -0.2) is 98.8 Å². The van der Waals surface area contributed by atoms with Gasteiger partial charge < -0.3 is 29.4 Å². The van der Waals surface area contributed by atoms with Crippen LogP contribution in [0.5, 0.6) is 11.5 Å². The van der Waals surface area contributed by atoms with E-state index in [0.29, 0.717) is 54.9 Å². The SMILES string of the molecule is C[C@@H]1CN(c2ccc(C(=O)NS(=O)(=O)c3cc(F)c(NC[C@H]4COCCO4)c([N+](=O)[O-])c3)c(Oc3cnc4[nH]ccc4c3)c2)CCN1CC1=C(c2ccc(Cl)cc2)CC(C)(C)C(C)(C)C1. The third-order valence-corrected chi connectivity index (χ3v) is 14.8. The molecule has 3 aliphatic rings. The molecule has 0 bridgehead atoms. The lowest BCUT2D eigenvalue weighted by Gasteiger charge is -2.49. The zero-order chi connectivity index (χ0) is 46.3. The van der Waals surface area contributed by atoms with Crippen molar-refractivity contribution in [2.24, 2.45) is 10.8 Å². The van der Waals surface area contributed by atoms with Gasteiger partial charge in [0.15, 0.2) is 5.82 Å². The summed E-state index contributed by atoms with van der Waals surface area (Å²) in [7, 11) is -4.86. The second-order valence-electron chi connectivity index (χ2n) is 18.3. The molecule has 2 aliphatic heterocycles. The van der Waals surface area contributed by atoms with Crippen LogP contribution < -0.4 is 19.7 Å². The number of nitro groups is 1. The van der Waals surface area contributed by atoms with Crippen molar-refractivity contribution in [3.8, 4) is 11.5 Å². The van der Waals surface area contributed by atoms with Crippen molar-refractivity contribution in [2.45, 2.75) is 64.5 Å². The minimum atomic E-state index is -4.86. The number of ether oxygens (including phenoxy) is 3. The van der Waals surface area contributed by atoms with Crippen LogP contribution in [0.3, 0.4) is 0 Å². The molecule has 344 valence electrons. The number of pyridine rings is 1. The van der Waals surface area contributed by atoms with Crippen LogP contribution in [0.4, 0.5) is 21.5 Å². The van der Waals surface area contributed by atoms with Crippen molar-refractivity contribution in [3.63, 3.8) is 0 Å². The number of H-pyrrole nitrogens is 1. The first-order valence-corrected chi connectivity index (χ1v) is 23.4. The molecule has 2 atom stereocenters. The molecule has 5 aromatic rings. The number of hydrogen-bond donors (Lipinski definition) is 3. The number of anilines is 2. The highest BCUT2D eigenvalue weighted by molar-refractivity contribution is 7.90. The summed E-state index contributed by atoms with van der Waals surface area (Å²) in [6, 6.07) is 18.0. The predicted octanol–water partition coefficient (Wildman–Crippen LogP) is 8.81. The highest BCUT2D eigenvalue weighted by Crippen LogP contribution is 2.54. The van der Waals surface area contributed by atoms with Crippen molar-refractivity contribution >= 4 is 61.2 Å². The van der Waals surface area contributed by atoms with Gasteiger partial charge in [0.25, 0.3) is 21.6 Å². The second-order valence-corrected chi connectivity index (χ2v) is 20.4. The third-order valence-electron chi connectivity index (χ3n) is 13.2. The number of rotatable bonds is 13. The molecule has 0 spiro atoms. The zero-order valence-corrected chi connectivity index (χ0v) is 38.5. The molecular formula is C47H53ClFN7O8S. The molecule has 0 radical (unpaired) electrons. The topological polar surface area (TPSA) is 181 Å². The molecule has 3 aromatic carbocycles. The Labute approximate surface area is 382 Å². The summed E-state index contributed by atoms with van der Waals surface area (Å²) in [5.41, 5.74) is 4.04. The number of carbonyl (C=O) groups is 1. The van der Waals surface area contributed by atoms with Gasteiger partial charge in [0.1, 0.15) is 22.8 Å². The average Bonchev–Trinajstić information content (AvgIpc) is 3.73. The molecule has 1 amide bonds. The lowest BCUT2D eigenvalue weighted by atomic mass is 9.57. The summed E-state index contributed by atoms with van der Waals surface area (Å²) in [6.07, 6.45) is 4.63. The fourth-order valence-electron chi connectivity index (χ4n) is 8.73. The Bertz CT molecular complexity index is 2760. The number of fused-ring (bicyclic) bond motifs is 1. The highest BCUT2D eigenvalue weighted by atomic mass is 35.5. The number of halogens is 2. The number of hydrogen-bond acceptors (Lipinski definition) is 12. The minimum Gasteiger partial charge on any atom is -0.455 e. The lowest BCUT2D eigenvalue weighted by Crippen LogP contribution is -2.53. The van der Waals surface area contributed by atoms with Crippen LogP contribution in [0.1, 0.15) is 63.4 Å². The van der Waals surface area contributed by atoms with Crippen LogP contribution in [0.25, 0.3) is 16.6 Å². The van der Waals surface area contributed by atoms with Crippen molar-refractivity contribution in [1.82, 2.24) is 19.6 Å². The lowest BCUT2D eigenvalue weighted by molar-refractivity contribution is -0.384. The van der Waals surface area contributed by atoms with Crippen LogP contribution >= 0.6 is 11.6 Å². The monoisotopic (exact) mass is 929 g/mol. The number of piperazine rings is 1. The Morgan fingerprint density at radius 3 is 2.54 bits per heavy atom. The Balaban J connectivity index is 1.04. The van der Waals surface area contributed by atoms with Gasteiger partial charge in [-0.25, -0.2) is 22.5 Å². The van der Waals surface area contributed by atoms with E-state index in [-0.39, 0.29) is 41.3 Å². The normalized spacial score (nSPS) is 20.1. The van der Waals surface area contributed by atoms with Gasteiger partial charge in [-0.1, -0.05) is 57.0 Å². The molecule has 4 heterocycles. The van der Waals surface area contributed by atoms with E-state index in [1.807, 2.05) is 22.9 Å². The molecule has 65 heavy (non-hydrogen) atoms. The molecular weight excluding hydrogens is 877 g/mol. The Hall–Kier alpha value is -5.59. The van der Waals surface area contributed by atoms with Gasteiger partial charge in [0, 0.05) is 73.2 Å². The first-order valence-electron chi connectivity index (χ1n) is 21.6. The van der Waals surface area contributed by atoms with Gasteiger partial charge in [-0.3, -0.25) is 19.8 Å². The summed E-state index contributed by atoms with van der Waals surface area (Å²) in [5.74, 6) is -1.97. The molecule has 18 heteroatoms. The van der Waals surface area contributed by atoms with Crippen LogP contribution in [0, 0.1) is 26.8 Å². The van der Waals surface area contributed by atoms with Gasteiger partial charge in [-0.2, -0.15) is 0 Å². The minimum absolute atomic E-state index is 0.0259. The van der Waals surface area contributed by atoms with Crippen molar-refractivity contribution < 1.29 is 36.7 Å². The smallest absolute Gasteiger partial charge is 0.296 e. The number of allylic oxidation sites excluding steroid dienone is 1. The first kappa shape index (κ1) is 46.0. The summed E-state index contributed by atoms with van der Waals surface area (Å²) in [6.45, 7) is 15.4. The number of aromatic amines is 1. The molecule has 15 nitrogen and oxygen atoms in total. The number of amides is 1. The highest BCUT2D eigenvalue weighted by Gasteiger charge is 2.43. The number of nitro benzene ring substituents is 1. The summed E-state index contributed by atoms with van der Waals surface area (Å²) >= 11 is 6.29. The standard InChI is InChI=1S/C47H53ClFN7O8S/c1-29-26-55(15-14-54(29)27-32-22-46(2,3)47(4,5)23-39(32)30-6-8-33(48)9-7-30)34-10-11-38(42(19-34)64-35-18-31-12-13-50-44(31)52-24-35)45(57)53-65(60,61)37-20-40(49)43(41(21-37)56(58)59)51-25-36-28-62-16-17-63-36/h6-13,18-21,24,29,36,51H,14-17,22-23,25-28H2,1-5H3,(H,50,52)(H,53,57)/t29-,36+/m1/s1. The van der Waals surface area contributed by atoms with E-state index in [0.717, 1.165) is 37.0 Å². The van der Waals surface area contributed by atoms with Gasteiger partial charge in [0.05, 0.1) is 47.5 Å². The van der Waals surface area contributed by atoms with E-state index in [9.17, 15) is 23.3 Å². The fraction of sp³-hybridized carbons (Fsp3) is 0.404. The number of nitrogens with one attached hydrogen (secondary N) is 3. The quantitative estimate of drug-likeness (QED) is 0.0755. The predicted molar refractivity (Wildman–Crippen MR) is 248 cm³/mol. The van der Waals surface area contributed by atoms with Gasteiger partial charge in [-0.15, -0.1) is 0 Å². The van der Waals surface area contributed by atoms with Crippen molar-refractivity contribution in [1.29, 1.82) is 0 Å². The molecule has 3 N–H and O–H groups in total. The van der Waals surface area contributed by atoms with Crippen molar-refractivity contribution in [2.75, 3.05) is 62.8 Å². The van der Waals surface area contributed by atoms with E-state index in [1.54, 1.807) is 24.4 Å². The summed E-state index contributed by atoms with van der Waals surface area (Å²) in [5, 5.41) is 16.2. The van der Waals surface area contributed by atoms with Crippen LogP contribution in [0.2, 0.25) is 5.02 Å². The summed E-state index contributed by atoms with van der Waals surface area (Å²) in [4.78, 5) is 36.5. The van der Waals surface area contributed by atoms with Crippen LogP contribution in [0.15, 0.2) is 89.6 Å². The summed E-state index contributed by atoms with van der Waals surface area (Å²) < 4.78 is 62.0. The molecule has 2 aromatic heterocycles. The van der Waals surface area contributed by atoms with E-state index < -0.39 is 49.0 Å². The Morgan fingerprint density at radius 1 is 1.05 bits per heavy atom. The molecule has 1 aliphatic carbocycles. The van der Waals surface area contributed by atoms with E-state index in [1.165, 1.54) is 29.0 Å². The molecule has 2 saturated heterocycles. The number of aromatic nitrogens is 2. The third kappa shape index (κ3) is 9.99. The average molecular weight is 930 g/mol. The largest absolute Gasteiger partial charge is 0.455 e. The molecule has 0 saturated carbocycles. The molecule has 8 rings (SSSR count). The van der Waals surface area contributed by atoms with Crippen LogP contribution in [-0.2, 0) is 19.5 Å². The second kappa shape index (κ2) is 18.4. The number of nitrogens with zero attached hydrogens (tertiary/aromatic N) is 4. The molecule has 2 fully saturated rings. The van der Waals surface area contributed by atoms with Gasteiger partial charge in [-0.05, 0) is 84.2 Å². The van der Waals surface area contributed by atoms with Gasteiger partial charge in [0.2, 0.25) is 0 Å². The van der Waals surface area contributed by atoms with E-state index >= 15 is 4.39 Å². The Morgan fingerprint density at radius 2 is 1.82 bits per heavy atom. The maximum atomic E-state index is 15.5. The number of benzene rings is 3. The zero-order valence-electron chi connectivity index (χ0n) is 37.0. The molecule has 0 unspecified atom stereocenters. The van der Waals surface area contributed by atoms with E-state index in [4.69, 9.17) is 25.8 Å². The van der Waals surface area contributed by atoms with E-state index in [2.05, 4.69) is 71.8 Å². The van der Waals surface area contributed by atoms with Crippen molar-refractivity contribution in [3.05, 3.63) is 117 Å². The maximum absolute atomic E-state index is 15.5. The van der Waals surface area contributed by atoms with Gasteiger partial charge >= 0.3 is 0 Å². The Kier molecular flexibility index (Phi) is 13.0. The first-order chi connectivity index (χ1) is 30.9. The fourth-order valence-corrected chi connectivity index (χ4v) is 9.86. The number of carbonyl (C=O) groups excluding carboxylic acids is 1. The maximum Gasteiger partial charge on any atom is 0.296 e. The number of sulfonamides is 1.